The van der Waals surface area contributed by atoms with Gasteiger partial charge in [-0.05, 0) is 44.7 Å². The van der Waals surface area contributed by atoms with Gasteiger partial charge in [-0.2, -0.15) is 0 Å². The van der Waals surface area contributed by atoms with Gasteiger partial charge < -0.3 is 10.4 Å². The molecule has 0 bridgehead atoms. The molecule has 1 atom stereocenters. The highest BCUT2D eigenvalue weighted by atomic mass is 32.2. The van der Waals surface area contributed by atoms with Crippen LogP contribution in [0.1, 0.15) is 54.4 Å². The maximum atomic E-state index is 12.7. The van der Waals surface area contributed by atoms with E-state index in [0.29, 0.717) is 23.7 Å². The van der Waals surface area contributed by atoms with E-state index < -0.39 is 12.0 Å². The minimum Gasteiger partial charge on any atom is -0.480 e. The number of carbonyl (C=O) groups is 2. The lowest BCUT2D eigenvalue weighted by molar-refractivity contribution is -0.139. The molecule has 1 unspecified atom stereocenters. The van der Waals surface area contributed by atoms with Gasteiger partial charge in [0.1, 0.15) is 6.04 Å². The Bertz CT molecular complexity index is 609. The van der Waals surface area contributed by atoms with Gasteiger partial charge in [0.2, 0.25) is 0 Å². The summed E-state index contributed by atoms with van der Waals surface area (Å²) in [7, 11) is 0. The van der Waals surface area contributed by atoms with Crippen LogP contribution in [0.15, 0.2) is 35.7 Å². The molecule has 130 valence electrons. The van der Waals surface area contributed by atoms with Crippen LogP contribution >= 0.6 is 11.8 Å². The molecule has 1 saturated carbocycles. The standard InChI is InChI=1S/C19H25NO3S/c1-3-4-9-16(19(22)23)20-18(21)15-12-13(2)10-11-17(15)24-14-7-5-6-8-14/h3,10-12,14,16H,1,4-9H2,2H3,(H,20,21)(H,22,23). The fourth-order valence-electron chi connectivity index (χ4n) is 2.89. The Morgan fingerprint density at radius 1 is 1.42 bits per heavy atom. The zero-order valence-corrected chi connectivity index (χ0v) is 14.9. The molecule has 0 spiro atoms. The van der Waals surface area contributed by atoms with E-state index in [1.165, 1.54) is 25.7 Å². The zero-order chi connectivity index (χ0) is 17.5. The van der Waals surface area contributed by atoms with Crippen LogP contribution in [0.25, 0.3) is 0 Å². The summed E-state index contributed by atoms with van der Waals surface area (Å²) in [5, 5.41) is 12.5. The van der Waals surface area contributed by atoms with E-state index in [0.717, 1.165) is 10.5 Å². The molecule has 0 heterocycles. The third-order valence-electron chi connectivity index (χ3n) is 4.24. The van der Waals surface area contributed by atoms with Gasteiger partial charge in [-0.3, -0.25) is 4.79 Å². The minimum atomic E-state index is -1.01. The van der Waals surface area contributed by atoms with Crippen LogP contribution in [-0.4, -0.2) is 28.3 Å². The Kier molecular flexibility index (Phi) is 6.91. The lowest BCUT2D eigenvalue weighted by atomic mass is 10.1. The predicted octanol–water partition coefficient (Wildman–Crippen LogP) is 4.18. The summed E-state index contributed by atoms with van der Waals surface area (Å²) in [4.78, 5) is 24.9. The summed E-state index contributed by atoms with van der Waals surface area (Å²) in [5.41, 5.74) is 1.57. The van der Waals surface area contributed by atoms with Crippen molar-refractivity contribution in [1.29, 1.82) is 0 Å². The Morgan fingerprint density at radius 2 is 2.12 bits per heavy atom. The second-order valence-electron chi connectivity index (χ2n) is 6.25. The number of hydrogen-bond donors (Lipinski definition) is 2. The number of carbonyl (C=O) groups excluding carboxylic acids is 1. The fourth-order valence-corrected chi connectivity index (χ4v) is 4.24. The van der Waals surface area contributed by atoms with Gasteiger partial charge in [0.25, 0.3) is 5.91 Å². The molecule has 1 aliphatic rings. The summed E-state index contributed by atoms with van der Waals surface area (Å²) < 4.78 is 0. The van der Waals surface area contributed by atoms with Crippen LogP contribution in [-0.2, 0) is 4.79 Å². The van der Waals surface area contributed by atoms with E-state index in [9.17, 15) is 14.7 Å². The Hall–Kier alpha value is -1.75. The molecule has 24 heavy (non-hydrogen) atoms. The predicted molar refractivity (Wildman–Crippen MR) is 97.6 cm³/mol. The normalized spacial score (nSPS) is 15.9. The van der Waals surface area contributed by atoms with Crippen LogP contribution < -0.4 is 5.32 Å². The van der Waals surface area contributed by atoms with Crippen molar-refractivity contribution in [3.63, 3.8) is 0 Å². The summed E-state index contributed by atoms with van der Waals surface area (Å²) in [5.74, 6) is -1.32. The SMILES string of the molecule is C=CCCC(NC(=O)c1cc(C)ccc1SC1CCCC1)C(=O)O. The Labute approximate surface area is 147 Å². The number of carboxylic acids is 1. The molecule has 1 aliphatic carbocycles. The molecule has 0 saturated heterocycles. The van der Waals surface area contributed by atoms with Gasteiger partial charge >= 0.3 is 5.97 Å². The van der Waals surface area contributed by atoms with E-state index in [1.807, 2.05) is 25.1 Å². The van der Waals surface area contributed by atoms with Gasteiger partial charge in [-0.1, -0.05) is 30.5 Å². The van der Waals surface area contributed by atoms with E-state index >= 15 is 0 Å². The van der Waals surface area contributed by atoms with Gasteiger partial charge in [0.05, 0.1) is 5.56 Å². The molecule has 0 aliphatic heterocycles. The summed E-state index contributed by atoms with van der Waals surface area (Å²) in [6.45, 7) is 5.54. The molecule has 2 N–H and O–H groups in total. The maximum Gasteiger partial charge on any atom is 0.326 e. The number of aliphatic carboxylic acids is 1. The van der Waals surface area contributed by atoms with Crippen molar-refractivity contribution in [3.05, 3.63) is 42.0 Å². The second-order valence-corrected chi connectivity index (χ2v) is 7.60. The van der Waals surface area contributed by atoms with Crippen LogP contribution in [0.3, 0.4) is 0 Å². The number of carboxylic acid groups (broad SMARTS) is 1. The number of rotatable bonds is 8. The van der Waals surface area contributed by atoms with Gasteiger partial charge in [0, 0.05) is 10.1 Å². The summed E-state index contributed by atoms with van der Waals surface area (Å²) >= 11 is 1.74. The molecule has 2 rings (SSSR count). The highest BCUT2D eigenvalue weighted by molar-refractivity contribution is 8.00. The Morgan fingerprint density at radius 3 is 2.75 bits per heavy atom. The average molecular weight is 347 g/mol. The average Bonchev–Trinajstić information content (AvgIpc) is 3.05. The van der Waals surface area contributed by atoms with Crippen LogP contribution in [0.5, 0.6) is 0 Å². The lowest BCUT2D eigenvalue weighted by Crippen LogP contribution is -2.40. The number of allylic oxidation sites excluding steroid dienone is 1. The number of amides is 1. The summed E-state index contributed by atoms with van der Waals surface area (Å²) in [6, 6.07) is 4.94. The van der Waals surface area contributed by atoms with Crippen molar-refractivity contribution in [2.45, 2.75) is 61.6 Å². The number of hydrogen-bond acceptors (Lipinski definition) is 3. The second kappa shape index (κ2) is 8.92. The van der Waals surface area contributed by atoms with Gasteiger partial charge in [-0.15, -0.1) is 18.3 Å². The Balaban J connectivity index is 2.15. The monoisotopic (exact) mass is 347 g/mol. The van der Waals surface area contributed by atoms with Gasteiger partial charge in [0.15, 0.2) is 0 Å². The molecule has 1 fully saturated rings. The largest absolute Gasteiger partial charge is 0.480 e. The molecule has 1 aromatic carbocycles. The molecule has 1 amide bonds. The molecule has 5 heteroatoms. The number of benzene rings is 1. The highest BCUT2D eigenvalue weighted by Crippen LogP contribution is 2.36. The topological polar surface area (TPSA) is 66.4 Å². The van der Waals surface area contributed by atoms with E-state index in [4.69, 9.17) is 0 Å². The van der Waals surface area contributed by atoms with Gasteiger partial charge in [-0.25, -0.2) is 4.79 Å². The van der Waals surface area contributed by atoms with Crippen molar-refractivity contribution >= 4 is 23.6 Å². The molecule has 4 nitrogen and oxygen atoms in total. The van der Waals surface area contributed by atoms with E-state index in [1.54, 1.807) is 17.8 Å². The first kappa shape index (κ1) is 18.6. The lowest BCUT2D eigenvalue weighted by Gasteiger charge is -2.17. The highest BCUT2D eigenvalue weighted by Gasteiger charge is 2.23. The molecule has 0 radical (unpaired) electrons. The van der Waals surface area contributed by atoms with Crippen molar-refractivity contribution in [2.75, 3.05) is 0 Å². The fraction of sp³-hybridized carbons (Fsp3) is 0.474. The number of nitrogens with one attached hydrogen (secondary N) is 1. The number of thioether (sulfide) groups is 1. The quantitative estimate of drug-likeness (QED) is 0.692. The van der Waals surface area contributed by atoms with Crippen molar-refractivity contribution < 1.29 is 14.7 Å². The number of aryl methyl sites for hydroxylation is 1. The van der Waals surface area contributed by atoms with Crippen LogP contribution in [0.4, 0.5) is 0 Å². The third-order valence-corrected chi connectivity index (χ3v) is 5.65. The smallest absolute Gasteiger partial charge is 0.326 e. The third kappa shape index (κ3) is 5.13. The van der Waals surface area contributed by atoms with Crippen molar-refractivity contribution in [1.82, 2.24) is 5.32 Å². The minimum absolute atomic E-state index is 0.310. The first-order chi connectivity index (χ1) is 11.5. The molecule has 0 aromatic heterocycles. The molecular weight excluding hydrogens is 322 g/mol. The molecular formula is C19H25NO3S. The maximum absolute atomic E-state index is 12.7. The summed E-state index contributed by atoms with van der Waals surface area (Å²) in [6.07, 6.45) is 7.40. The first-order valence-electron chi connectivity index (χ1n) is 8.43. The zero-order valence-electron chi connectivity index (χ0n) is 14.1. The first-order valence-corrected chi connectivity index (χ1v) is 9.31. The van der Waals surface area contributed by atoms with E-state index in [-0.39, 0.29) is 5.91 Å². The molecule has 1 aromatic rings. The van der Waals surface area contributed by atoms with Crippen LogP contribution in [0.2, 0.25) is 0 Å². The van der Waals surface area contributed by atoms with Crippen molar-refractivity contribution in [2.24, 2.45) is 0 Å². The van der Waals surface area contributed by atoms with Crippen LogP contribution in [0, 0.1) is 6.92 Å². The van der Waals surface area contributed by atoms with Crippen molar-refractivity contribution in [3.8, 4) is 0 Å². The van der Waals surface area contributed by atoms with E-state index in [2.05, 4.69) is 11.9 Å².